The Labute approximate surface area is 162 Å². The molecule has 2 aromatic heterocycles. The van der Waals surface area contributed by atoms with Crippen molar-refractivity contribution in [2.24, 2.45) is 5.92 Å². The number of nitrogens with zero attached hydrogens (tertiary/aromatic N) is 2. The zero-order valence-electron chi connectivity index (χ0n) is 15.2. The molecule has 1 fully saturated rings. The van der Waals surface area contributed by atoms with Crippen LogP contribution in [-0.4, -0.2) is 34.3 Å². The van der Waals surface area contributed by atoms with E-state index in [0.29, 0.717) is 37.9 Å². The van der Waals surface area contributed by atoms with E-state index in [-0.39, 0.29) is 38.2 Å². The molecule has 0 spiro atoms. The van der Waals surface area contributed by atoms with E-state index in [1.807, 2.05) is 6.92 Å². The molecule has 28 heavy (non-hydrogen) atoms. The van der Waals surface area contributed by atoms with Gasteiger partial charge in [0.25, 0.3) is 5.91 Å². The Morgan fingerprint density at radius 1 is 1.25 bits per heavy atom. The Morgan fingerprint density at radius 2 is 2.04 bits per heavy atom. The smallest absolute Gasteiger partial charge is 0.326 e. The molecule has 9 heteroatoms. The summed E-state index contributed by atoms with van der Waals surface area (Å²) in [7, 11) is 0. The summed E-state index contributed by atoms with van der Waals surface area (Å²) in [6, 6.07) is -0.609. The number of thiophene rings is 1. The van der Waals surface area contributed by atoms with Gasteiger partial charge in [-0.1, -0.05) is 6.92 Å². The maximum Gasteiger partial charge on any atom is 0.417 e. The number of aromatic nitrogens is 1. The van der Waals surface area contributed by atoms with Crippen LogP contribution in [0.15, 0.2) is 0 Å². The number of aryl methyl sites for hydroxylation is 1. The summed E-state index contributed by atoms with van der Waals surface area (Å²) in [6.07, 6.45) is -1.77. The van der Waals surface area contributed by atoms with E-state index in [2.05, 4.69) is 10.3 Å². The molecule has 1 saturated heterocycles. The Morgan fingerprint density at radius 3 is 2.79 bits per heavy atom. The fourth-order valence-electron chi connectivity index (χ4n) is 4.68. The molecule has 1 aliphatic carbocycles. The number of alkyl halides is 3. The van der Waals surface area contributed by atoms with Crippen molar-refractivity contribution < 1.29 is 22.8 Å². The van der Waals surface area contributed by atoms with Crippen molar-refractivity contribution in [1.82, 2.24) is 9.88 Å². The van der Waals surface area contributed by atoms with Crippen LogP contribution in [0.3, 0.4) is 0 Å². The van der Waals surface area contributed by atoms with Crippen molar-refractivity contribution in [2.75, 3.05) is 11.9 Å². The van der Waals surface area contributed by atoms with E-state index in [0.717, 1.165) is 17.8 Å². The number of anilines is 1. The summed E-state index contributed by atoms with van der Waals surface area (Å²) in [6.45, 7) is 2.37. The first-order chi connectivity index (χ1) is 13.3. The van der Waals surface area contributed by atoms with Crippen molar-refractivity contribution in [3.8, 4) is 0 Å². The topological polar surface area (TPSA) is 62.3 Å². The van der Waals surface area contributed by atoms with Crippen LogP contribution in [0.5, 0.6) is 0 Å². The number of nitrogens with one attached hydrogen (secondary N) is 1. The van der Waals surface area contributed by atoms with Crippen molar-refractivity contribution in [2.45, 2.75) is 51.2 Å². The molecule has 1 N–H and O–H groups in total. The normalized spacial score (nSPS) is 24.6. The molecule has 4 heterocycles. The lowest BCUT2D eigenvalue weighted by Gasteiger charge is -2.25. The number of halogens is 3. The molecule has 2 aliphatic heterocycles. The standard InChI is InChI=1S/C19H18F3N3O2S/c1-8-4-5-10-9(7-8)13(19(20,21)22)12-14-15(28-17(12)23-10)18(27)25-6-2-3-11(25)16(26)24-14/h8,11H,2-7H2,1H3,(H,24,26). The minimum atomic E-state index is -4.59. The van der Waals surface area contributed by atoms with Gasteiger partial charge in [-0.3, -0.25) is 9.59 Å². The maximum atomic E-state index is 14.2. The Kier molecular flexibility index (Phi) is 3.78. The first kappa shape index (κ1) is 17.9. The van der Waals surface area contributed by atoms with Crippen LogP contribution in [0.2, 0.25) is 0 Å². The zero-order chi connectivity index (χ0) is 19.8. The molecule has 148 valence electrons. The quantitative estimate of drug-likeness (QED) is 0.716. The molecule has 0 bridgehead atoms. The fourth-order valence-corrected chi connectivity index (χ4v) is 5.79. The Bertz CT molecular complexity index is 1030. The molecule has 0 saturated carbocycles. The molecule has 2 amide bonds. The number of carbonyl (C=O) groups is 2. The second-order valence-corrected chi connectivity index (χ2v) is 8.89. The Hall–Kier alpha value is -2.16. The first-order valence-electron chi connectivity index (χ1n) is 9.43. The molecule has 0 radical (unpaired) electrons. The highest BCUT2D eigenvalue weighted by Crippen LogP contribution is 2.48. The van der Waals surface area contributed by atoms with Gasteiger partial charge >= 0.3 is 6.18 Å². The predicted molar refractivity (Wildman–Crippen MR) is 98.5 cm³/mol. The summed E-state index contributed by atoms with van der Waals surface area (Å²) in [5.41, 5.74) is -0.0603. The summed E-state index contributed by atoms with van der Waals surface area (Å²) in [5, 5.41) is 2.52. The number of amides is 2. The monoisotopic (exact) mass is 409 g/mol. The van der Waals surface area contributed by atoms with Crippen LogP contribution in [0.1, 0.15) is 52.7 Å². The van der Waals surface area contributed by atoms with Crippen LogP contribution in [0.4, 0.5) is 18.9 Å². The van der Waals surface area contributed by atoms with Gasteiger partial charge in [0, 0.05) is 17.6 Å². The van der Waals surface area contributed by atoms with E-state index in [9.17, 15) is 22.8 Å². The summed E-state index contributed by atoms with van der Waals surface area (Å²) < 4.78 is 42.5. The van der Waals surface area contributed by atoms with Gasteiger partial charge in [-0.05, 0) is 43.6 Å². The third-order valence-electron chi connectivity index (χ3n) is 6.00. The maximum absolute atomic E-state index is 14.2. The van der Waals surface area contributed by atoms with Crippen molar-refractivity contribution in [3.63, 3.8) is 0 Å². The molecular formula is C19H18F3N3O2S. The van der Waals surface area contributed by atoms with E-state index in [4.69, 9.17) is 0 Å². The van der Waals surface area contributed by atoms with Crippen LogP contribution in [0.25, 0.3) is 10.2 Å². The molecule has 2 unspecified atom stereocenters. The van der Waals surface area contributed by atoms with Crippen LogP contribution in [-0.2, 0) is 23.8 Å². The minimum Gasteiger partial charge on any atom is -0.326 e. The number of pyridine rings is 1. The van der Waals surface area contributed by atoms with Crippen LogP contribution >= 0.6 is 11.3 Å². The third kappa shape index (κ3) is 2.48. The molecule has 2 aromatic rings. The van der Waals surface area contributed by atoms with Crippen molar-refractivity contribution in [1.29, 1.82) is 0 Å². The highest BCUT2D eigenvalue weighted by atomic mass is 32.1. The minimum absolute atomic E-state index is 0.00903. The van der Waals surface area contributed by atoms with E-state index < -0.39 is 23.7 Å². The lowest BCUT2D eigenvalue weighted by Crippen LogP contribution is -2.40. The molecule has 5 rings (SSSR count). The molecule has 0 aromatic carbocycles. The number of hydrogen-bond donors (Lipinski definition) is 1. The zero-order valence-corrected chi connectivity index (χ0v) is 16.0. The molecule has 5 nitrogen and oxygen atoms in total. The van der Waals surface area contributed by atoms with Gasteiger partial charge in [-0.2, -0.15) is 13.2 Å². The number of rotatable bonds is 0. The lowest BCUT2D eigenvalue weighted by molar-refractivity contribution is -0.137. The van der Waals surface area contributed by atoms with Gasteiger partial charge in [-0.25, -0.2) is 4.98 Å². The van der Waals surface area contributed by atoms with Crippen LogP contribution < -0.4 is 5.32 Å². The van der Waals surface area contributed by atoms with E-state index in [1.165, 1.54) is 4.90 Å². The highest BCUT2D eigenvalue weighted by molar-refractivity contribution is 7.21. The van der Waals surface area contributed by atoms with Crippen molar-refractivity contribution in [3.05, 3.63) is 21.7 Å². The van der Waals surface area contributed by atoms with E-state index >= 15 is 0 Å². The van der Waals surface area contributed by atoms with Gasteiger partial charge in [0.05, 0.1) is 11.3 Å². The van der Waals surface area contributed by atoms with Crippen molar-refractivity contribution >= 4 is 39.1 Å². The molecule has 2 atom stereocenters. The third-order valence-corrected chi connectivity index (χ3v) is 7.07. The molecule has 3 aliphatic rings. The second kappa shape index (κ2) is 5.92. The summed E-state index contributed by atoms with van der Waals surface area (Å²) in [5.74, 6) is -0.659. The number of carbonyl (C=O) groups excluding carboxylic acids is 2. The SMILES string of the molecule is CC1CCc2nc3sc4c(c3c(C(F)(F)F)c2C1)NC(=O)C1CCCN1C4=O. The number of fused-ring (bicyclic) bond motifs is 5. The lowest BCUT2D eigenvalue weighted by atomic mass is 9.84. The van der Waals surface area contributed by atoms with Gasteiger partial charge in [-0.15, -0.1) is 11.3 Å². The Balaban J connectivity index is 1.82. The van der Waals surface area contributed by atoms with Gasteiger partial charge in [0.15, 0.2) is 0 Å². The van der Waals surface area contributed by atoms with Gasteiger partial charge < -0.3 is 10.2 Å². The first-order valence-corrected chi connectivity index (χ1v) is 10.2. The average Bonchev–Trinajstić information content (AvgIpc) is 3.21. The fraction of sp³-hybridized carbons (Fsp3) is 0.526. The van der Waals surface area contributed by atoms with Crippen LogP contribution in [0, 0.1) is 5.92 Å². The largest absolute Gasteiger partial charge is 0.417 e. The van der Waals surface area contributed by atoms with Gasteiger partial charge in [0.2, 0.25) is 5.91 Å². The summed E-state index contributed by atoms with van der Waals surface area (Å²) in [4.78, 5) is 32.0. The van der Waals surface area contributed by atoms with E-state index in [1.54, 1.807) is 0 Å². The second-order valence-electron chi connectivity index (χ2n) is 7.89. The molecular weight excluding hydrogens is 391 g/mol. The average molecular weight is 409 g/mol. The number of hydrogen-bond acceptors (Lipinski definition) is 4. The predicted octanol–water partition coefficient (Wildman–Crippen LogP) is 4.00. The highest BCUT2D eigenvalue weighted by Gasteiger charge is 2.44. The summed E-state index contributed by atoms with van der Waals surface area (Å²) >= 11 is 0.959. The van der Waals surface area contributed by atoms with Gasteiger partial charge in [0.1, 0.15) is 15.7 Å².